The highest BCUT2D eigenvalue weighted by Crippen LogP contribution is 2.31. The summed E-state index contributed by atoms with van der Waals surface area (Å²) < 4.78 is 0. The van der Waals surface area contributed by atoms with Crippen LogP contribution in [0.25, 0.3) is 21.8 Å². The van der Waals surface area contributed by atoms with Gasteiger partial charge in [0.2, 0.25) is 0 Å². The maximum absolute atomic E-state index is 12.5. The van der Waals surface area contributed by atoms with E-state index in [1.807, 2.05) is 54.6 Å². The molecule has 1 amide bonds. The molecular weight excluding hydrogens is 459 g/mol. The third-order valence-corrected chi connectivity index (χ3v) is 6.51. The number of amides is 1. The zero-order chi connectivity index (χ0) is 21.1. The smallest absolute Gasteiger partial charge is 0.254 e. The van der Waals surface area contributed by atoms with Gasteiger partial charge in [0.05, 0.1) is 26.3 Å². The van der Waals surface area contributed by atoms with Crippen molar-refractivity contribution in [3.8, 4) is 21.8 Å². The molecule has 30 heavy (non-hydrogen) atoms. The van der Waals surface area contributed by atoms with Crippen molar-refractivity contribution in [3.63, 3.8) is 0 Å². The molecule has 1 N–H and O–H groups in total. The van der Waals surface area contributed by atoms with Gasteiger partial charge in [-0.05, 0) is 17.7 Å². The molecule has 150 valence electrons. The van der Waals surface area contributed by atoms with Crippen molar-refractivity contribution in [2.45, 2.75) is 6.54 Å². The Morgan fingerprint density at radius 3 is 2.30 bits per heavy atom. The number of hydrogen-bond acceptors (Lipinski definition) is 3. The summed E-state index contributed by atoms with van der Waals surface area (Å²) in [5.41, 5.74) is 4.21. The van der Waals surface area contributed by atoms with Gasteiger partial charge in [-0.1, -0.05) is 89.4 Å². The summed E-state index contributed by atoms with van der Waals surface area (Å²) in [5.74, 6) is -0.371. The summed E-state index contributed by atoms with van der Waals surface area (Å²) in [6.07, 6.45) is 0. The van der Waals surface area contributed by atoms with E-state index in [1.54, 1.807) is 23.5 Å². The van der Waals surface area contributed by atoms with E-state index in [9.17, 15) is 4.79 Å². The fraction of sp³-hybridized carbons (Fsp3) is 0.0435. The number of halogens is 3. The minimum atomic E-state index is -0.371. The van der Waals surface area contributed by atoms with E-state index in [4.69, 9.17) is 39.8 Å². The first-order valence-corrected chi connectivity index (χ1v) is 11.1. The second-order valence-electron chi connectivity index (χ2n) is 6.50. The van der Waals surface area contributed by atoms with Crippen molar-refractivity contribution in [2.75, 3.05) is 0 Å². The van der Waals surface area contributed by atoms with Crippen LogP contribution in [0.1, 0.15) is 15.9 Å². The van der Waals surface area contributed by atoms with Crippen molar-refractivity contribution in [1.82, 2.24) is 10.3 Å². The van der Waals surface area contributed by atoms with Crippen LogP contribution in [-0.4, -0.2) is 10.9 Å². The van der Waals surface area contributed by atoms with Crippen LogP contribution >= 0.6 is 46.1 Å². The van der Waals surface area contributed by atoms with Gasteiger partial charge in [0.1, 0.15) is 5.01 Å². The molecule has 0 aliphatic rings. The Morgan fingerprint density at radius 2 is 1.57 bits per heavy atom. The molecule has 0 fully saturated rings. The number of thiazole rings is 1. The third kappa shape index (κ3) is 4.52. The standard InChI is InChI=1S/C23H15Cl3N2OS/c24-17-10-11-18(25)21(26)20(17)22(29)27-12-14-6-8-16(9-7-14)23-28-19(13-30-23)15-4-2-1-3-5-15/h1-11,13H,12H2,(H,27,29). The van der Waals surface area contributed by atoms with Crippen molar-refractivity contribution in [1.29, 1.82) is 0 Å². The van der Waals surface area contributed by atoms with Crippen molar-refractivity contribution < 1.29 is 4.79 Å². The molecule has 0 spiro atoms. The number of nitrogens with zero attached hydrogens (tertiary/aromatic N) is 1. The second kappa shape index (κ2) is 9.19. The van der Waals surface area contributed by atoms with Gasteiger partial charge in [0, 0.05) is 23.1 Å². The van der Waals surface area contributed by atoms with Gasteiger partial charge < -0.3 is 5.32 Å². The van der Waals surface area contributed by atoms with Crippen LogP contribution in [0.15, 0.2) is 72.1 Å². The van der Waals surface area contributed by atoms with Crippen LogP contribution in [0.3, 0.4) is 0 Å². The summed E-state index contributed by atoms with van der Waals surface area (Å²) in [7, 11) is 0. The predicted molar refractivity (Wildman–Crippen MR) is 126 cm³/mol. The Balaban J connectivity index is 1.44. The lowest BCUT2D eigenvalue weighted by atomic mass is 10.1. The lowest BCUT2D eigenvalue weighted by molar-refractivity contribution is 0.0951. The Bertz CT molecular complexity index is 1190. The molecule has 0 aliphatic heterocycles. The number of rotatable bonds is 5. The molecular formula is C23H15Cl3N2OS. The largest absolute Gasteiger partial charge is 0.348 e. The zero-order valence-electron chi connectivity index (χ0n) is 15.5. The van der Waals surface area contributed by atoms with E-state index in [-0.39, 0.29) is 26.5 Å². The van der Waals surface area contributed by atoms with Gasteiger partial charge in [0.25, 0.3) is 5.91 Å². The summed E-state index contributed by atoms with van der Waals surface area (Å²) in [6, 6.07) is 21.1. The first kappa shape index (κ1) is 20.9. The summed E-state index contributed by atoms with van der Waals surface area (Å²) in [6.45, 7) is 0.339. The Labute approximate surface area is 193 Å². The van der Waals surface area contributed by atoms with Crippen LogP contribution in [-0.2, 0) is 6.54 Å². The van der Waals surface area contributed by atoms with E-state index in [0.717, 1.165) is 27.4 Å². The predicted octanol–water partition coefficient (Wildman–Crippen LogP) is 7.37. The van der Waals surface area contributed by atoms with Gasteiger partial charge >= 0.3 is 0 Å². The molecule has 1 heterocycles. The number of nitrogens with one attached hydrogen (secondary N) is 1. The van der Waals surface area contributed by atoms with Crippen LogP contribution in [0.5, 0.6) is 0 Å². The molecule has 4 rings (SSSR count). The Morgan fingerprint density at radius 1 is 0.867 bits per heavy atom. The van der Waals surface area contributed by atoms with Gasteiger partial charge in [-0.25, -0.2) is 4.98 Å². The Hall–Kier alpha value is -2.37. The van der Waals surface area contributed by atoms with Crippen molar-refractivity contribution >= 4 is 52.0 Å². The molecule has 3 nitrogen and oxygen atoms in total. The summed E-state index contributed by atoms with van der Waals surface area (Å²) in [4.78, 5) is 17.2. The molecule has 0 saturated heterocycles. The average molecular weight is 474 g/mol. The van der Waals surface area contributed by atoms with Crippen LogP contribution < -0.4 is 5.32 Å². The van der Waals surface area contributed by atoms with Crippen LogP contribution in [0, 0.1) is 0 Å². The number of hydrogen-bond donors (Lipinski definition) is 1. The van der Waals surface area contributed by atoms with Gasteiger partial charge in [-0.3, -0.25) is 4.79 Å². The first-order chi connectivity index (χ1) is 14.5. The van der Waals surface area contributed by atoms with E-state index in [1.165, 1.54) is 0 Å². The lowest BCUT2D eigenvalue weighted by Crippen LogP contribution is -2.23. The number of benzene rings is 3. The van der Waals surface area contributed by atoms with E-state index >= 15 is 0 Å². The fourth-order valence-corrected chi connectivity index (χ4v) is 4.45. The summed E-state index contributed by atoms with van der Waals surface area (Å²) in [5, 5.41) is 6.52. The molecule has 0 unspecified atom stereocenters. The maximum atomic E-state index is 12.5. The molecule has 4 aromatic rings. The minimum absolute atomic E-state index is 0.148. The highest BCUT2D eigenvalue weighted by Gasteiger charge is 2.17. The molecule has 0 atom stereocenters. The molecule has 0 bridgehead atoms. The summed E-state index contributed by atoms with van der Waals surface area (Å²) >= 11 is 19.8. The lowest BCUT2D eigenvalue weighted by Gasteiger charge is -2.10. The topological polar surface area (TPSA) is 42.0 Å². The first-order valence-electron chi connectivity index (χ1n) is 9.05. The fourth-order valence-electron chi connectivity index (χ4n) is 2.92. The normalized spacial score (nSPS) is 10.8. The van der Waals surface area contributed by atoms with E-state index < -0.39 is 0 Å². The van der Waals surface area contributed by atoms with Gasteiger partial charge in [-0.15, -0.1) is 11.3 Å². The van der Waals surface area contributed by atoms with Gasteiger partial charge in [0.15, 0.2) is 0 Å². The third-order valence-electron chi connectivity index (χ3n) is 4.50. The zero-order valence-corrected chi connectivity index (χ0v) is 18.6. The van der Waals surface area contributed by atoms with Crippen LogP contribution in [0.2, 0.25) is 15.1 Å². The van der Waals surface area contributed by atoms with Gasteiger partial charge in [-0.2, -0.15) is 0 Å². The number of carbonyl (C=O) groups is 1. The SMILES string of the molecule is O=C(NCc1ccc(-c2nc(-c3ccccc3)cs2)cc1)c1c(Cl)ccc(Cl)c1Cl. The molecule has 3 aromatic carbocycles. The van der Waals surface area contributed by atoms with E-state index in [0.29, 0.717) is 6.54 Å². The maximum Gasteiger partial charge on any atom is 0.254 e. The van der Waals surface area contributed by atoms with Crippen molar-refractivity contribution in [3.05, 3.63) is 98.3 Å². The molecule has 0 aliphatic carbocycles. The quantitative estimate of drug-likeness (QED) is 0.307. The van der Waals surface area contributed by atoms with E-state index in [2.05, 4.69) is 10.7 Å². The van der Waals surface area contributed by atoms with Crippen molar-refractivity contribution in [2.24, 2.45) is 0 Å². The monoisotopic (exact) mass is 472 g/mol. The molecule has 1 aromatic heterocycles. The second-order valence-corrected chi connectivity index (χ2v) is 8.55. The highest BCUT2D eigenvalue weighted by molar-refractivity contribution is 7.13. The Kier molecular flexibility index (Phi) is 6.40. The molecule has 0 saturated carbocycles. The molecule has 7 heteroatoms. The number of carbonyl (C=O) groups excluding carboxylic acids is 1. The minimum Gasteiger partial charge on any atom is -0.348 e. The number of aromatic nitrogens is 1. The highest BCUT2D eigenvalue weighted by atomic mass is 35.5. The average Bonchev–Trinajstić information content (AvgIpc) is 3.26. The van der Waals surface area contributed by atoms with Crippen LogP contribution in [0.4, 0.5) is 0 Å². The molecule has 0 radical (unpaired) electrons.